The van der Waals surface area contributed by atoms with Gasteiger partial charge in [-0.1, -0.05) is 48.6 Å². The maximum Gasteiger partial charge on any atom is 0.206 e. The van der Waals surface area contributed by atoms with Crippen molar-refractivity contribution >= 4 is 16.5 Å². The van der Waals surface area contributed by atoms with Crippen molar-refractivity contribution in [2.45, 2.75) is 20.0 Å². The third kappa shape index (κ3) is 4.37. The molecule has 0 unspecified atom stereocenters. The first-order valence-corrected chi connectivity index (χ1v) is 8.81. The topological polar surface area (TPSA) is 53.9 Å². The monoisotopic (exact) mass is 339 g/mol. The second-order valence-electron chi connectivity index (χ2n) is 5.63. The number of nitrogens with one attached hydrogen (secondary N) is 1. The Morgan fingerprint density at radius 2 is 1.96 bits per heavy atom. The van der Waals surface area contributed by atoms with Gasteiger partial charge in [-0.15, -0.1) is 10.2 Å². The molecule has 0 saturated carbocycles. The third-order valence-corrected chi connectivity index (χ3v) is 4.64. The Bertz CT molecular complexity index is 772. The van der Waals surface area contributed by atoms with Gasteiger partial charge >= 0.3 is 0 Å². The normalized spacial score (nSPS) is 11.0. The molecule has 0 radical (unpaired) electrons. The molecular weight excluding hydrogens is 318 g/mol. The minimum absolute atomic E-state index is 0.737. The van der Waals surface area contributed by atoms with Crippen molar-refractivity contribution < 1.29 is 0 Å². The van der Waals surface area contributed by atoms with Crippen molar-refractivity contribution in [2.24, 2.45) is 0 Å². The fourth-order valence-corrected chi connectivity index (χ4v) is 3.04. The molecule has 0 fully saturated rings. The Kier molecular flexibility index (Phi) is 5.51. The second-order valence-corrected chi connectivity index (χ2v) is 6.61. The van der Waals surface area contributed by atoms with Crippen LogP contribution in [0.3, 0.4) is 0 Å². The number of nitrogens with zero attached hydrogens (tertiary/aromatic N) is 4. The number of anilines is 1. The zero-order chi connectivity index (χ0) is 16.8. The van der Waals surface area contributed by atoms with E-state index in [1.54, 1.807) is 6.20 Å². The Hall–Kier alpha value is -2.31. The summed E-state index contributed by atoms with van der Waals surface area (Å²) in [5, 5.41) is 13.4. The van der Waals surface area contributed by atoms with Crippen LogP contribution in [0.1, 0.15) is 18.1 Å². The van der Waals surface area contributed by atoms with E-state index in [0.717, 1.165) is 35.5 Å². The predicted octanol–water partition coefficient (Wildman–Crippen LogP) is 3.66. The molecule has 3 rings (SSSR count). The molecule has 0 aliphatic heterocycles. The third-order valence-electron chi connectivity index (χ3n) is 3.74. The summed E-state index contributed by atoms with van der Waals surface area (Å²) >= 11 is 1.52. The minimum atomic E-state index is 0.737. The molecule has 1 aromatic carbocycles. The average molecular weight is 339 g/mol. The van der Waals surface area contributed by atoms with E-state index in [0.29, 0.717) is 0 Å². The smallest absolute Gasteiger partial charge is 0.206 e. The number of hydrogen-bond acceptors (Lipinski definition) is 6. The predicted molar refractivity (Wildman–Crippen MR) is 98.9 cm³/mol. The van der Waals surface area contributed by atoms with Crippen molar-refractivity contribution in [3.05, 3.63) is 59.8 Å². The largest absolute Gasteiger partial charge is 0.356 e. The van der Waals surface area contributed by atoms with Gasteiger partial charge in [0.05, 0.1) is 0 Å². The minimum Gasteiger partial charge on any atom is -0.356 e. The molecule has 0 aliphatic rings. The highest BCUT2D eigenvalue weighted by molar-refractivity contribution is 7.18. The van der Waals surface area contributed by atoms with E-state index in [1.165, 1.54) is 22.5 Å². The number of rotatable bonds is 7. The summed E-state index contributed by atoms with van der Waals surface area (Å²) in [7, 11) is 2.13. The lowest BCUT2D eigenvalue weighted by Gasteiger charge is -2.14. The summed E-state index contributed by atoms with van der Waals surface area (Å²) in [5.74, 6) is 0. The van der Waals surface area contributed by atoms with Crippen molar-refractivity contribution in [3.63, 3.8) is 0 Å². The highest BCUT2D eigenvalue weighted by Gasteiger charge is 2.07. The summed E-state index contributed by atoms with van der Waals surface area (Å²) in [4.78, 5) is 6.59. The number of aromatic nitrogens is 3. The van der Waals surface area contributed by atoms with E-state index < -0.39 is 0 Å². The van der Waals surface area contributed by atoms with Crippen LogP contribution in [0, 0.1) is 0 Å². The number of hydrogen-bond donors (Lipinski definition) is 1. The van der Waals surface area contributed by atoms with E-state index in [1.807, 2.05) is 18.2 Å². The zero-order valence-electron chi connectivity index (χ0n) is 13.9. The van der Waals surface area contributed by atoms with Gasteiger partial charge in [-0.25, -0.2) is 0 Å². The Labute approximate surface area is 146 Å². The molecular formula is C18H21N5S. The first-order chi connectivity index (χ1) is 11.7. The van der Waals surface area contributed by atoms with Crippen LogP contribution >= 0.6 is 11.3 Å². The Morgan fingerprint density at radius 1 is 1.08 bits per heavy atom. The van der Waals surface area contributed by atoms with Crippen LogP contribution < -0.4 is 5.32 Å². The maximum absolute atomic E-state index is 4.30. The van der Waals surface area contributed by atoms with Crippen LogP contribution in [0.5, 0.6) is 0 Å². The van der Waals surface area contributed by atoms with Crippen LogP contribution in [-0.4, -0.2) is 33.7 Å². The van der Waals surface area contributed by atoms with E-state index in [4.69, 9.17) is 0 Å². The van der Waals surface area contributed by atoms with Gasteiger partial charge in [0.1, 0.15) is 5.69 Å². The fraction of sp³-hybridized carbons (Fsp3) is 0.278. The first kappa shape index (κ1) is 16.5. The van der Waals surface area contributed by atoms with Gasteiger partial charge in [0.2, 0.25) is 5.13 Å². The van der Waals surface area contributed by atoms with Gasteiger partial charge in [-0.2, -0.15) is 0 Å². The van der Waals surface area contributed by atoms with Crippen molar-refractivity contribution in [3.8, 4) is 10.7 Å². The van der Waals surface area contributed by atoms with E-state index in [9.17, 15) is 0 Å². The van der Waals surface area contributed by atoms with Gasteiger partial charge in [-0.05, 0) is 36.9 Å². The van der Waals surface area contributed by atoms with Crippen LogP contribution in [0.25, 0.3) is 10.7 Å². The second kappa shape index (κ2) is 7.99. The summed E-state index contributed by atoms with van der Waals surface area (Å²) in [6.45, 7) is 4.91. The number of benzene rings is 1. The molecule has 2 aromatic heterocycles. The summed E-state index contributed by atoms with van der Waals surface area (Å²) in [5.41, 5.74) is 3.42. The van der Waals surface area contributed by atoms with Gasteiger partial charge in [-0.3, -0.25) is 4.98 Å². The molecule has 124 valence electrons. The van der Waals surface area contributed by atoms with Gasteiger partial charge in [0.15, 0.2) is 5.01 Å². The quantitative estimate of drug-likeness (QED) is 0.712. The van der Waals surface area contributed by atoms with E-state index in [2.05, 4.69) is 63.6 Å². The van der Waals surface area contributed by atoms with Crippen LogP contribution in [0.2, 0.25) is 0 Å². The van der Waals surface area contributed by atoms with Crippen molar-refractivity contribution in [1.82, 2.24) is 20.1 Å². The lowest BCUT2D eigenvalue weighted by atomic mass is 10.1. The van der Waals surface area contributed by atoms with Crippen molar-refractivity contribution in [2.75, 3.05) is 18.9 Å². The molecule has 0 bridgehead atoms. The van der Waals surface area contributed by atoms with Crippen LogP contribution in [-0.2, 0) is 13.1 Å². The fourth-order valence-electron chi connectivity index (χ4n) is 2.33. The van der Waals surface area contributed by atoms with Gasteiger partial charge < -0.3 is 10.2 Å². The lowest BCUT2D eigenvalue weighted by molar-refractivity contribution is 0.345. The summed E-state index contributed by atoms with van der Waals surface area (Å²) in [6.07, 6.45) is 1.77. The van der Waals surface area contributed by atoms with Crippen LogP contribution in [0.4, 0.5) is 5.13 Å². The molecule has 2 heterocycles. The van der Waals surface area contributed by atoms with Gasteiger partial charge in [0, 0.05) is 19.3 Å². The zero-order valence-corrected chi connectivity index (χ0v) is 14.8. The average Bonchev–Trinajstić information content (AvgIpc) is 3.10. The molecule has 0 amide bonds. The van der Waals surface area contributed by atoms with Crippen molar-refractivity contribution in [1.29, 1.82) is 0 Å². The van der Waals surface area contributed by atoms with Gasteiger partial charge in [0.25, 0.3) is 0 Å². The summed E-state index contributed by atoms with van der Waals surface area (Å²) < 4.78 is 0. The van der Waals surface area contributed by atoms with E-state index in [-0.39, 0.29) is 0 Å². The molecule has 6 heteroatoms. The molecule has 5 nitrogen and oxygen atoms in total. The molecule has 0 atom stereocenters. The first-order valence-electron chi connectivity index (χ1n) is 7.99. The molecule has 0 spiro atoms. The molecule has 3 aromatic rings. The molecule has 1 N–H and O–H groups in total. The summed E-state index contributed by atoms with van der Waals surface area (Å²) in [6, 6.07) is 14.4. The molecule has 24 heavy (non-hydrogen) atoms. The Morgan fingerprint density at radius 3 is 2.75 bits per heavy atom. The lowest BCUT2D eigenvalue weighted by Crippen LogP contribution is -2.16. The SMILES string of the molecule is CCN(C)Cc1cccc(CNc2nnc(-c3ccccn3)s2)c1. The molecule has 0 saturated heterocycles. The Balaban J connectivity index is 1.62. The molecule has 0 aliphatic carbocycles. The highest BCUT2D eigenvalue weighted by atomic mass is 32.1. The number of pyridine rings is 1. The highest BCUT2D eigenvalue weighted by Crippen LogP contribution is 2.24. The van der Waals surface area contributed by atoms with Crippen LogP contribution in [0.15, 0.2) is 48.7 Å². The maximum atomic E-state index is 4.30. The standard InChI is InChI=1S/C18H21N5S/c1-3-23(2)13-15-8-6-7-14(11-15)12-20-18-22-21-17(24-18)16-9-4-5-10-19-16/h4-11H,3,12-13H2,1-2H3,(H,20,22). The van der Waals surface area contributed by atoms with E-state index >= 15 is 0 Å².